The van der Waals surface area contributed by atoms with Gasteiger partial charge in [0, 0.05) is 18.3 Å². The van der Waals surface area contributed by atoms with E-state index in [1.165, 1.54) is 11.1 Å². The molecule has 3 rings (SSSR count). The first-order valence-corrected chi connectivity index (χ1v) is 13.0. The number of hydrogen-bond acceptors (Lipinski definition) is 4. The Kier molecular flexibility index (Phi) is 9.67. The third-order valence-electron chi connectivity index (χ3n) is 6.18. The number of rotatable bonds is 11. The number of carbonyl (C=O) groups excluding carboxylic acids is 2. The SMILES string of the molecule is CC[C@H](C(=O)NC1CCCC1)N(Cc1ccc(OC)cc1)C(=O)CSCc1cccc(C)c1. The van der Waals surface area contributed by atoms with Crippen LogP contribution in [0.25, 0.3) is 0 Å². The van der Waals surface area contributed by atoms with Crippen molar-refractivity contribution < 1.29 is 14.3 Å². The Morgan fingerprint density at radius 2 is 1.85 bits per heavy atom. The standard InChI is InChI=1S/C27H36N2O3S/c1-4-25(27(31)28-23-10-5-6-11-23)29(17-21-12-14-24(32-3)15-13-21)26(30)19-33-18-22-9-7-8-20(2)16-22/h7-9,12-16,23,25H,4-6,10-11,17-19H2,1-3H3,(H,28,31)/t25-/m1/s1. The third kappa shape index (κ3) is 7.53. The van der Waals surface area contributed by atoms with E-state index in [1.54, 1.807) is 23.8 Å². The molecule has 178 valence electrons. The first-order chi connectivity index (χ1) is 16.0. The number of amides is 2. The third-order valence-corrected chi connectivity index (χ3v) is 7.16. The van der Waals surface area contributed by atoms with Crippen molar-refractivity contribution in [2.75, 3.05) is 12.9 Å². The number of ether oxygens (including phenoxy) is 1. The highest BCUT2D eigenvalue weighted by molar-refractivity contribution is 7.99. The van der Waals surface area contributed by atoms with E-state index in [4.69, 9.17) is 4.74 Å². The molecule has 5 nitrogen and oxygen atoms in total. The molecule has 2 aromatic carbocycles. The average Bonchev–Trinajstić information content (AvgIpc) is 3.32. The molecule has 0 spiro atoms. The fourth-order valence-corrected chi connectivity index (χ4v) is 5.21. The minimum atomic E-state index is -0.472. The zero-order valence-corrected chi connectivity index (χ0v) is 20.8. The van der Waals surface area contributed by atoms with Gasteiger partial charge in [-0.25, -0.2) is 0 Å². The first-order valence-electron chi connectivity index (χ1n) is 11.9. The summed E-state index contributed by atoms with van der Waals surface area (Å²) in [6.07, 6.45) is 4.96. The highest BCUT2D eigenvalue weighted by Crippen LogP contribution is 2.21. The molecule has 1 aliphatic carbocycles. The summed E-state index contributed by atoms with van der Waals surface area (Å²) in [5, 5.41) is 3.20. The number of nitrogens with one attached hydrogen (secondary N) is 1. The van der Waals surface area contributed by atoms with Gasteiger partial charge in [0.15, 0.2) is 0 Å². The van der Waals surface area contributed by atoms with Gasteiger partial charge >= 0.3 is 0 Å². The fraction of sp³-hybridized carbons (Fsp3) is 0.481. The van der Waals surface area contributed by atoms with Gasteiger partial charge in [-0.15, -0.1) is 11.8 Å². The summed E-state index contributed by atoms with van der Waals surface area (Å²) in [6, 6.07) is 15.8. The maximum atomic E-state index is 13.4. The summed E-state index contributed by atoms with van der Waals surface area (Å²) in [6.45, 7) is 4.46. The number of hydrogen-bond donors (Lipinski definition) is 1. The Balaban J connectivity index is 1.70. The van der Waals surface area contributed by atoms with Crippen LogP contribution < -0.4 is 10.1 Å². The van der Waals surface area contributed by atoms with Gasteiger partial charge in [-0.2, -0.15) is 0 Å². The fourth-order valence-electron chi connectivity index (χ4n) is 4.36. The molecular formula is C27H36N2O3S. The maximum absolute atomic E-state index is 13.4. The van der Waals surface area contributed by atoms with E-state index in [9.17, 15) is 9.59 Å². The maximum Gasteiger partial charge on any atom is 0.243 e. The van der Waals surface area contributed by atoms with E-state index < -0.39 is 6.04 Å². The molecule has 0 saturated heterocycles. The van der Waals surface area contributed by atoms with Crippen molar-refractivity contribution in [1.82, 2.24) is 10.2 Å². The van der Waals surface area contributed by atoms with Gasteiger partial charge in [0.2, 0.25) is 11.8 Å². The monoisotopic (exact) mass is 468 g/mol. The van der Waals surface area contributed by atoms with Gasteiger partial charge < -0.3 is 15.0 Å². The van der Waals surface area contributed by atoms with E-state index in [0.717, 1.165) is 42.7 Å². The second-order valence-corrected chi connectivity index (χ2v) is 9.75. The van der Waals surface area contributed by atoms with Crippen LogP contribution in [0.1, 0.15) is 55.7 Å². The zero-order valence-electron chi connectivity index (χ0n) is 20.0. The molecule has 0 aromatic heterocycles. The molecule has 1 atom stereocenters. The summed E-state index contributed by atoms with van der Waals surface area (Å²) in [5.41, 5.74) is 3.41. The van der Waals surface area contributed by atoms with Crippen LogP contribution in [0.3, 0.4) is 0 Å². The molecule has 2 amide bonds. The molecule has 2 aromatic rings. The summed E-state index contributed by atoms with van der Waals surface area (Å²) < 4.78 is 5.26. The summed E-state index contributed by atoms with van der Waals surface area (Å²) in [7, 11) is 1.64. The van der Waals surface area contributed by atoms with Crippen molar-refractivity contribution in [1.29, 1.82) is 0 Å². The van der Waals surface area contributed by atoms with Crippen molar-refractivity contribution in [3.8, 4) is 5.75 Å². The van der Waals surface area contributed by atoms with Crippen LogP contribution in [0.2, 0.25) is 0 Å². The summed E-state index contributed by atoms with van der Waals surface area (Å²) in [5.74, 6) is 1.86. The lowest BCUT2D eigenvalue weighted by Gasteiger charge is -2.31. The van der Waals surface area contributed by atoms with Crippen LogP contribution in [0.4, 0.5) is 0 Å². The minimum absolute atomic E-state index is 0.00288. The largest absolute Gasteiger partial charge is 0.497 e. The lowest BCUT2D eigenvalue weighted by Crippen LogP contribution is -2.51. The van der Waals surface area contributed by atoms with E-state index in [1.807, 2.05) is 37.3 Å². The van der Waals surface area contributed by atoms with Gasteiger partial charge in [0.1, 0.15) is 11.8 Å². The smallest absolute Gasteiger partial charge is 0.243 e. The molecule has 6 heteroatoms. The number of methoxy groups -OCH3 is 1. The van der Waals surface area contributed by atoms with E-state index >= 15 is 0 Å². The van der Waals surface area contributed by atoms with Gasteiger partial charge in [-0.05, 0) is 49.4 Å². The Morgan fingerprint density at radius 3 is 2.48 bits per heavy atom. The van der Waals surface area contributed by atoms with Crippen molar-refractivity contribution >= 4 is 23.6 Å². The molecular weight excluding hydrogens is 432 g/mol. The van der Waals surface area contributed by atoms with Crippen molar-refractivity contribution in [2.45, 2.75) is 70.3 Å². The average molecular weight is 469 g/mol. The molecule has 1 aliphatic rings. The Morgan fingerprint density at radius 1 is 1.12 bits per heavy atom. The summed E-state index contributed by atoms with van der Waals surface area (Å²) >= 11 is 1.60. The van der Waals surface area contributed by atoms with Crippen LogP contribution in [0.15, 0.2) is 48.5 Å². The van der Waals surface area contributed by atoms with Crippen LogP contribution >= 0.6 is 11.8 Å². The van der Waals surface area contributed by atoms with Crippen molar-refractivity contribution in [3.63, 3.8) is 0 Å². The number of carbonyl (C=O) groups is 2. The molecule has 33 heavy (non-hydrogen) atoms. The normalized spacial score (nSPS) is 14.6. The lowest BCUT2D eigenvalue weighted by molar-refractivity contribution is -0.139. The van der Waals surface area contributed by atoms with E-state index in [2.05, 4.69) is 30.4 Å². The number of thioether (sulfide) groups is 1. The van der Waals surface area contributed by atoms with Crippen LogP contribution in [-0.4, -0.2) is 41.7 Å². The molecule has 1 N–H and O–H groups in total. The topological polar surface area (TPSA) is 58.6 Å². The molecule has 1 saturated carbocycles. The van der Waals surface area contributed by atoms with Gasteiger partial charge in [0.05, 0.1) is 12.9 Å². The predicted octanol–water partition coefficient (Wildman–Crippen LogP) is 5.10. The lowest BCUT2D eigenvalue weighted by atomic mass is 10.1. The van der Waals surface area contributed by atoms with Crippen LogP contribution in [-0.2, 0) is 21.9 Å². The van der Waals surface area contributed by atoms with Crippen molar-refractivity contribution in [2.24, 2.45) is 0 Å². The van der Waals surface area contributed by atoms with Gasteiger partial charge in [0.25, 0.3) is 0 Å². The van der Waals surface area contributed by atoms with E-state index in [0.29, 0.717) is 18.7 Å². The van der Waals surface area contributed by atoms with E-state index in [-0.39, 0.29) is 17.9 Å². The second-order valence-electron chi connectivity index (χ2n) is 8.77. The van der Waals surface area contributed by atoms with Crippen molar-refractivity contribution in [3.05, 3.63) is 65.2 Å². The molecule has 0 heterocycles. The van der Waals surface area contributed by atoms with Gasteiger partial charge in [-0.1, -0.05) is 61.7 Å². The van der Waals surface area contributed by atoms with Gasteiger partial charge in [-0.3, -0.25) is 9.59 Å². The van der Waals surface area contributed by atoms with Crippen LogP contribution in [0.5, 0.6) is 5.75 Å². The Bertz CT molecular complexity index is 910. The molecule has 0 aliphatic heterocycles. The second kappa shape index (κ2) is 12.7. The number of benzene rings is 2. The highest BCUT2D eigenvalue weighted by Gasteiger charge is 2.30. The first kappa shape index (κ1) is 25.2. The highest BCUT2D eigenvalue weighted by atomic mass is 32.2. The Labute approximate surface area is 202 Å². The number of aryl methyl sites for hydroxylation is 1. The quantitative estimate of drug-likeness (QED) is 0.498. The minimum Gasteiger partial charge on any atom is -0.497 e. The zero-order chi connectivity index (χ0) is 23.6. The predicted molar refractivity (Wildman–Crippen MR) is 135 cm³/mol. The summed E-state index contributed by atoms with van der Waals surface area (Å²) in [4.78, 5) is 28.3. The Hall–Kier alpha value is -2.47. The van der Waals surface area contributed by atoms with Crippen LogP contribution in [0, 0.1) is 6.92 Å². The number of nitrogens with zero attached hydrogens (tertiary/aromatic N) is 1. The molecule has 0 radical (unpaired) electrons. The molecule has 0 bridgehead atoms. The molecule has 0 unspecified atom stereocenters. The molecule has 1 fully saturated rings.